The van der Waals surface area contributed by atoms with Gasteiger partial charge >= 0.3 is 0 Å². The molecule has 0 bridgehead atoms. The first-order chi connectivity index (χ1) is 8.96. The molecule has 0 aromatic heterocycles. The third kappa shape index (κ3) is 2.83. The number of nitrogens with one attached hydrogen (secondary N) is 1. The van der Waals surface area contributed by atoms with E-state index in [1.165, 1.54) is 30.4 Å². The van der Waals surface area contributed by atoms with Crippen molar-refractivity contribution in [3.8, 4) is 0 Å². The fourth-order valence-electron chi connectivity index (χ4n) is 2.67. The van der Waals surface area contributed by atoms with Crippen molar-refractivity contribution >= 4 is 0 Å². The number of hydrogen-bond donors (Lipinski definition) is 2. The second-order valence-corrected chi connectivity index (χ2v) is 6.44. The van der Waals surface area contributed by atoms with E-state index in [1.54, 1.807) is 0 Å². The Balaban J connectivity index is 2.19. The SMILES string of the molecule is CN(C)C(C)(C)C(NN)c1ccc(C2CCC2)cc1. The van der Waals surface area contributed by atoms with Crippen molar-refractivity contribution < 1.29 is 0 Å². The van der Waals surface area contributed by atoms with E-state index in [9.17, 15) is 0 Å². The van der Waals surface area contributed by atoms with E-state index in [4.69, 9.17) is 5.84 Å². The molecule has 1 aliphatic carbocycles. The standard InChI is InChI=1S/C16H27N3/c1-16(2,19(3)4)15(18-17)14-10-8-13(9-11-14)12-6-5-7-12/h8-12,15,18H,5-7,17H2,1-4H3. The molecule has 1 aliphatic rings. The van der Waals surface area contributed by atoms with Gasteiger partial charge in [0.05, 0.1) is 6.04 Å². The zero-order chi connectivity index (χ0) is 14.0. The molecule has 2 rings (SSSR count). The molecule has 19 heavy (non-hydrogen) atoms. The summed E-state index contributed by atoms with van der Waals surface area (Å²) in [4.78, 5) is 2.21. The van der Waals surface area contributed by atoms with Crippen molar-refractivity contribution in [2.75, 3.05) is 14.1 Å². The summed E-state index contributed by atoms with van der Waals surface area (Å²) in [7, 11) is 4.18. The highest BCUT2D eigenvalue weighted by Crippen LogP contribution is 2.37. The van der Waals surface area contributed by atoms with Gasteiger partial charge in [0.25, 0.3) is 0 Å². The minimum Gasteiger partial charge on any atom is -0.302 e. The summed E-state index contributed by atoms with van der Waals surface area (Å²) >= 11 is 0. The van der Waals surface area contributed by atoms with Crippen LogP contribution >= 0.6 is 0 Å². The van der Waals surface area contributed by atoms with Gasteiger partial charge < -0.3 is 4.90 Å². The maximum absolute atomic E-state index is 5.79. The molecular weight excluding hydrogens is 234 g/mol. The highest BCUT2D eigenvalue weighted by molar-refractivity contribution is 5.30. The third-order valence-corrected chi connectivity index (χ3v) is 4.87. The number of benzene rings is 1. The Morgan fingerprint density at radius 1 is 1.21 bits per heavy atom. The average Bonchev–Trinajstić information content (AvgIpc) is 2.29. The molecule has 1 saturated carbocycles. The number of nitrogens with two attached hydrogens (primary N) is 1. The van der Waals surface area contributed by atoms with Gasteiger partial charge in [-0.05, 0) is 57.8 Å². The quantitative estimate of drug-likeness (QED) is 0.632. The molecule has 106 valence electrons. The molecule has 3 nitrogen and oxygen atoms in total. The van der Waals surface area contributed by atoms with Gasteiger partial charge in [-0.15, -0.1) is 0 Å². The lowest BCUT2D eigenvalue weighted by molar-refractivity contribution is 0.138. The molecule has 1 fully saturated rings. The third-order valence-electron chi connectivity index (χ3n) is 4.87. The summed E-state index contributed by atoms with van der Waals surface area (Å²) in [5, 5.41) is 0. The Hall–Kier alpha value is -0.900. The molecule has 0 radical (unpaired) electrons. The molecule has 1 atom stereocenters. The van der Waals surface area contributed by atoms with E-state index >= 15 is 0 Å². The molecule has 3 heteroatoms. The molecule has 0 heterocycles. The molecular formula is C16H27N3. The smallest absolute Gasteiger partial charge is 0.0638 e. The Labute approximate surface area is 117 Å². The Morgan fingerprint density at radius 2 is 1.79 bits per heavy atom. The second kappa shape index (κ2) is 5.61. The first kappa shape index (κ1) is 14.5. The highest BCUT2D eigenvalue weighted by atomic mass is 15.3. The van der Waals surface area contributed by atoms with Gasteiger partial charge in [0, 0.05) is 5.54 Å². The molecule has 0 spiro atoms. The number of hydrazine groups is 1. The molecule has 1 unspecified atom stereocenters. The van der Waals surface area contributed by atoms with E-state index in [0.29, 0.717) is 0 Å². The van der Waals surface area contributed by atoms with E-state index in [2.05, 4.69) is 62.5 Å². The van der Waals surface area contributed by atoms with Gasteiger partial charge in [-0.25, -0.2) is 0 Å². The lowest BCUT2D eigenvalue weighted by Gasteiger charge is -2.40. The fourth-order valence-corrected chi connectivity index (χ4v) is 2.67. The number of likely N-dealkylation sites (N-methyl/N-ethyl adjacent to an activating group) is 1. The maximum Gasteiger partial charge on any atom is 0.0638 e. The van der Waals surface area contributed by atoms with E-state index < -0.39 is 0 Å². The van der Waals surface area contributed by atoms with Gasteiger partial charge in [0.15, 0.2) is 0 Å². The van der Waals surface area contributed by atoms with Crippen LogP contribution in [-0.2, 0) is 0 Å². The van der Waals surface area contributed by atoms with Gasteiger partial charge in [0.1, 0.15) is 0 Å². The minimum absolute atomic E-state index is 0.0350. The summed E-state index contributed by atoms with van der Waals surface area (Å²) in [5.74, 6) is 6.58. The average molecular weight is 261 g/mol. The topological polar surface area (TPSA) is 41.3 Å². The second-order valence-electron chi connectivity index (χ2n) is 6.44. The Kier molecular flexibility index (Phi) is 4.29. The van der Waals surface area contributed by atoms with Crippen LogP contribution in [0.4, 0.5) is 0 Å². The van der Waals surface area contributed by atoms with Crippen LogP contribution in [0.5, 0.6) is 0 Å². The van der Waals surface area contributed by atoms with Crippen LogP contribution in [-0.4, -0.2) is 24.5 Å². The van der Waals surface area contributed by atoms with E-state index in [1.807, 2.05) is 0 Å². The highest BCUT2D eigenvalue weighted by Gasteiger charge is 2.32. The van der Waals surface area contributed by atoms with E-state index in [-0.39, 0.29) is 11.6 Å². The predicted octanol–water partition coefficient (Wildman–Crippen LogP) is 2.80. The fraction of sp³-hybridized carbons (Fsp3) is 0.625. The van der Waals surface area contributed by atoms with Crippen molar-refractivity contribution in [2.24, 2.45) is 5.84 Å². The van der Waals surface area contributed by atoms with Crippen molar-refractivity contribution in [1.82, 2.24) is 10.3 Å². The minimum atomic E-state index is -0.0350. The van der Waals surface area contributed by atoms with Crippen LogP contribution in [0.25, 0.3) is 0 Å². The summed E-state index contributed by atoms with van der Waals surface area (Å²) in [6.45, 7) is 4.41. The van der Waals surface area contributed by atoms with Crippen LogP contribution in [0.2, 0.25) is 0 Å². The number of nitrogens with zero attached hydrogens (tertiary/aromatic N) is 1. The van der Waals surface area contributed by atoms with Crippen LogP contribution in [0.15, 0.2) is 24.3 Å². The van der Waals surface area contributed by atoms with Gasteiger partial charge in [-0.2, -0.15) is 0 Å². The van der Waals surface area contributed by atoms with Gasteiger partial charge in [0.2, 0.25) is 0 Å². The Morgan fingerprint density at radius 3 is 2.16 bits per heavy atom. The predicted molar refractivity (Wildman–Crippen MR) is 80.9 cm³/mol. The molecule has 1 aromatic rings. The number of hydrogen-bond acceptors (Lipinski definition) is 3. The van der Waals surface area contributed by atoms with Crippen molar-refractivity contribution in [3.63, 3.8) is 0 Å². The lowest BCUT2D eigenvalue weighted by Crippen LogP contribution is -2.51. The summed E-state index contributed by atoms with van der Waals surface area (Å²) in [5.41, 5.74) is 5.67. The first-order valence-corrected chi connectivity index (χ1v) is 7.20. The lowest BCUT2D eigenvalue weighted by atomic mass is 9.79. The van der Waals surface area contributed by atoms with Crippen LogP contribution in [0.1, 0.15) is 56.2 Å². The van der Waals surface area contributed by atoms with Gasteiger partial charge in [-0.1, -0.05) is 30.7 Å². The van der Waals surface area contributed by atoms with Crippen molar-refractivity contribution in [1.29, 1.82) is 0 Å². The summed E-state index contributed by atoms with van der Waals surface area (Å²) in [6, 6.07) is 9.12. The first-order valence-electron chi connectivity index (χ1n) is 7.20. The molecule has 0 aliphatic heterocycles. The van der Waals surface area contributed by atoms with E-state index in [0.717, 1.165) is 5.92 Å². The maximum atomic E-state index is 5.79. The summed E-state index contributed by atoms with van der Waals surface area (Å²) in [6.07, 6.45) is 4.08. The summed E-state index contributed by atoms with van der Waals surface area (Å²) < 4.78 is 0. The van der Waals surface area contributed by atoms with Gasteiger partial charge in [-0.3, -0.25) is 11.3 Å². The van der Waals surface area contributed by atoms with Crippen LogP contribution in [0, 0.1) is 0 Å². The van der Waals surface area contributed by atoms with Crippen LogP contribution < -0.4 is 11.3 Å². The normalized spacial score (nSPS) is 18.4. The van der Waals surface area contributed by atoms with Crippen molar-refractivity contribution in [2.45, 2.75) is 50.6 Å². The van der Waals surface area contributed by atoms with Crippen LogP contribution in [0.3, 0.4) is 0 Å². The Bertz CT molecular complexity index is 405. The molecule has 0 amide bonds. The molecule has 1 aromatic carbocycles. The number of rotatable bonds is 5. The molecule has 3 N–H and O–H groups in total. The monoisotopic (exact) mass is 261 g/mol. The largest absolute Gasteiger partial charge is 0.302 e. The zero-order valence-corrected chi connectivity index (χ0v) is 12.6. The zero-order valence-electron chi connectivity index (χ0n) is 12.6. The molecule has 0 saturated heterocycles. The van der Waals surface area contributed by atoms with Crippen molar-refractivity contribution in [3.05, 3.63) is 35.4 Å².